The topological polar surface area (TPSA) is 152 Å². The molecule has 3 rings (SSSR count). The third-order valence-electron chi connectivity index (χ3n) is 5.05. The van der Waals surface area contributed by atoms with Crippen molar-refractivity contribution in [3.05, 3.63) is 42.0 Å². The zero-order valence-corrected chi connectivity index (χ0v) is 17.2. The molecule has 0 saturated carbocycles. The van der Waals surface area contributed by atoms with E-state index in [1.165, 1.54) is 0 Å². The van der Waals surface area contributed by atoms with Gasteiger partial charge in [-0.3, -0.25) is 4.98 Å². The van der Waals surface area contributed by atoms with Crippen LogP contribution in [0.15, 0.2) is 30.6 Å². The van der Waals surface area contributed by atoms with Gasteiger partial charge < -0.3 is 34.6 Å². The van der Waals surface area contributed by atoms with E-state index in [0.717, 1.165) is 5.69 Å². The fourth-order valence-corrected chi connectivity index (χ4v) is 3.34. The molecule has 11 heteroatoms. The summed E-state index contributed by atoms with van der Waals surface area (Å²) in [6.45, 7) is 1.04. The lowest BCUT2D eigenvalue weighted by atomic mass is 9.92. The summed E-state index contributed by atoms with van der Waals surface area (Å²) in [4.78, 5) is 4.19. The Labute approximate surface area is 180 Å². The van der Waals surface area contributed by atoms with Gasteiger partial charge in [-0.2, -0.15) is 0 Å². The molecule has 1 aliphatic rings. The summed E-state index contributed by atoms with van der Waals surface area (Å²) in [5.74, 6) is 0. The number of aromatic nitrogens is 4. The van der Waals surface area contributed by atoms with Crippen LogP contribution in [0.1, 0.15) is 30.7 Å². The standard InChI is InChI=1S/C20H30N4O7/c25-10-17-19(27)20(28)18(26)16(31-17)6-2-4-8-29-13-24-9-15(22-23-24)12-30-11-14-5-1-3-7-21-14/h1,3,5,7,9,16-20,25-28H,2,4,6,8,10-13H2. The zero-order chi connectivity index (χ0) is 22.1. The summed E-state index contributed by atoms with van der Waals surface area (Å²) < 4.78 is 18.2. The van der Waals surface area contributed by atoms with Crippen LogP contribution in [0.5, 0.6) is 0 Å². The molecule has 3 heterocycles. The number of aliphatic hydroxyl groups excluding tert-OH is 4. The molecule has 11 nitrogen and oxygen atoms in total. The van der Waals surface area contributed by atoms with Gasteiger partial charge in [-0.1, -0.05) is 11.3 Å². The van der Waals surface area contributed by atoms with Crippen molar-refractivity contribution >= 4 is 0 Å². The first-order valence-corrected chi connectivity index (χ1v) is 10.3. The van der Waals surface area contributed by atoms with Gasteiger partial charge in [0.2, 0.25) is 0 Å². The molecule has 0 spiro atoms. The van der Waals surface area contributed by atoms with Gasteiger partial charge in [0.15, 0.2) is 0 Å². The molecule has 0 aromatic carbocycles. The van der Waals surface area contributed by atoms with E-state index in [2.05, 4.69) is 15.3 Å². The molecule has 1 saturated heterocycles. The Morgan fingerprint density at radius 1 is 0.968 bits per heavy atom. The number of pyridine rings is 1. The summed E-state index contributed by atoms with van der Waals surface area (Å²) in [7, 11) is 0. The molecule has 2 aromatic heterocycles. The Balaban J connectivity index is 1.27. The number of ether oxygens (including phenoxy) is 3. The maximum Gasteiger partial charge on any atom is 0.141 e. The average Bonchev–Trinajstić information content (AvgIpc) is 3.24. The largest absolute Gasteiger partial charge is 0.394 e. The van der Waals surface area contributed by atoms with Gasteiger partial charge >= 0.3 is 0 Å². The van der Waals surface area contributed by atoms with Crippen LogP contribution in [-0.2, 0) is 34.2 Å². The molecule has 1 aliphatic heterocycles. The first kappa shape index (κ1) is 23.7. The Hall–Kier alpha value is -1.99. The number of hydrogen-bond donors (Lipinski definition) is 4. The van der Waals surface area contributed by atoms with Crippen molar-refractivity contribution in [2.24, 2.45) is 0 Å². The van der Waals surface area contributed by atoms with Crippen LogP contribution in [0.25, 0.3) is 0 Å². The van der Waals surface area contributed by atoms with Crippen molar-refractivity contribution in [3.8, 4) is 0 Å². The van der Waals surface area contributed by atoms with E-state index in [4.69, 9.17) is 14.2 Å². The van der Waals surface area contributed by atoms with Crippen molar-refractivity contribution in [1.29, 1.82) is 0 Å². The number of hydrogen-bond acceptors (Lipinski definition) is 10. The van der Waals surface area contributed by atoms with E-state index in [1.807, 2.05) is 18.2 Å². The molecule has 2 aromatic rings. The molecular formula is C20H30N4O7. The quantitative estimate of drug-likeness (QED) is 0.315. The van der Waals surface area contributed by atoms with Gasteiger partial charge in [0.25, 0.3) is 0 Å². The maximum absolute atomic E-state index is 10.0. The highest BCUT2D eigenvalue weighted by atomic mass is 16.5. The molecule has 31 heavy (non-hydrogen) atoms. The lowest BCUT2D eigenvalue weighted by Gasteiger charge is -2.40. The van der Waals surface area contributed by atoms with E-state index < -0.39 is 37.1 Å². The minimum atomic E-state index is -1.33. The summed E-state index contributed by atoms with van der Waals surface area (Å²) in [6.07, 6.45) is 0.000168. The van der Waals surface area contributed by atoms with Crippen molar-refractivity contribution in [2.75, 3.05) is 13.2 Å². The van der Waals surface area contributed by atoms with E-state index in [1.54, 1.807) is 17.1 Å². The molecule has 5 unspecified atom stereocenters. The van der Waals surface area contributed by atoms with Crippen molar-refractivity contribution < 1.29 is 34.6 Å². The lowest BCUT2D eigenvalue weighted by molar-refractivity contribution is -0.230. The smallest absolute Gasteiger partial charge is 0.141 e. The molecule has 0 bridgehead atoms. The highest BCUT2D eigenvalue weighted by Gasteiger charge is 2.42. The highest BCUT2D eigenvalue weighted by Crippen LogP contribution is 2.24. The molecule has 4 N–H and O–H groups in total. The Kier molecular flexibility index (Phi) is 9.28. The lowest BCUT2D eigenvalue weighted by Crippen LogP contribution is -2.58. The predicted octanol–water partition coefficient (Wildman–Crippen LogP) is -0.623. The molecule has 172 valence electrons. The summed E-state index contributed by atoms with van der Waals surface area (Å²) in [5, 5.41) is 46.9. The maximum atomic E-state index is 10.0. The van der Waals surface area contributed by atoms with E-state index in [0.29, 0.717) is 44.8 Å². The van der Waals surface area contributed by atoms with Crippen LogP contribution in [0, 0.1) is 0 Å². The second kappa shape index (κ2) is 12.2. The minimum Gasteiger partial charge on any atom is -0.394 e. The van der Waals surface area contributed by atoms with Crippen LogP contribution in [0.4, 0.5) is 0 Å². The third kappa shape index (κ3) is 7.01. The normalized spacial score (nSPS) is 26.3. The SMILES string of the molecule is OCC1OC(CCCCOCn2cc(COCc3ccccn3)nn2)C(O)C(O)C1O. The van der Waals surface area contributed by atoms with Crippen LogP contribution >= 0.6 is 0 Å². The van der Waals surface area contributed by atoms with Gasteiger partial charge in [-0.05, 0) is 31.4 Å². The molecule has 0 amide bonds. The van der Waals surface area contributed by atoms with Crippen LogP contribution < -0.4 is 0 Å². The minimum absolute atomic E-state index is 0.257. The fraction of sp³-hybridized carbons (Fsp3) is 0.650. The number of unbranched alkanes of at least 4 members (excludes halogenated alkanes) is 1. The summed E-state index contributed by atoms with van der Waals surface area (Å²) >= 11 is 0. The van der Waals surface area contributed by atoms with Gasteiger partial charge in [0.1, 0.15) is 36.8 Å². The molecule has 0 radical (unpaired) electrons. The van der Waals surface area contributed by atoms with Crippen molar-refractivity contribution in [3.63, 3.8) is 0 Å². The molecular weight excluding hydrogens is 408 g/mol. The van der Waals surface area contributed by atoms with E-state index in [9.17, 15) is 20.4 Å². The van der Waals surface area contributed by atoms with Gasteiger partial charge in [0.05, 0.1) is 37.8 Å². The zero-order valence-electron chi connectivity index (χ0n) is 17.2. The van der Waals surface area contributed by atoms with Crippen LogP contribution in [0.3, 0.4) is 0 Å². The van der Waals surface area contributed by atoms with Gasteiger partial charge in [0, 0.05) is 12.8 Å². The van der Waals surface area contributed by atoms with Crippen molar-refractivity contribution in [2.45, 2.75) is 69.7 Å². The van der Waals surface area contributed by atoms with Gasteiger partial charge in [-0.25, -0.2) is 4.68 Å². The molecule has 5 atom stereocenters. The average molecular weight is 438 g/mol. The molecule has 1 fully saturated rings. The third-order valence-corrected chi connectivity index (χ3v) is 5.05. The van der Waals surface area contributed by atoms with E-state index >= 15 is 0 Å². The Morgan fingerprint density at radius 2 is 1.77 bits per heavy atom. The first-order chi connectivity index (χ1) is 15.1. The van der Waals surface area contributed by atoms with E-state index in [-0.39, 0.29) is 6.73 Å². The summed E-state index contributed by atoms with van der Waals surface area (Å²) in [6, 6.07) is 5.65. The van der Waals surface area contributed by atoms with Crippen molar-refractivity contribution in [1.82, 2.24) is 20.0 Å². The second-order valence-corrected chi connectivity index (χ2v) is 7.46. The van der Waals surface area contributed by atoms with Crippen LogP contribution in [0.2, 0.25) is 0 Å². The molecule has 0 aliphatic carbocycles. The van der Waals surface area contributed by atoms with Crippen LogP contribution in [-0.4, -0.2) is 84.1 Å². The highest BCUT2D eigenvalue weighted by molar-refractivity contribution is 5.02. The number of nitrogens with zero attached hydrogens (tertiary/aromatic N) is 4. The number of rotatable bonds is 12. The summed E-state index contributed by atoms with van der Waals surface area (Å²) in [5.41, 5.74) is 1.55. The Morgan fingerprint density at radius 3 is 2.55 bits per heavy atom. The fourth-order valence-electron chi connectivity index (χ4n) is 3.34. The Bertz CT molecular complexity index is 761. The second-order valence-electron chi connectivity index (χ2n) is 7.46. The monoisotopic (exact) mass is 438 g/mol. The van der Waals surface area contributed by atoms with Gasteiger partial charge in [-0.15, -0.1) is 5.10 Å². The number of aliphatic hydroxyl groups is 4. The predicted molar refractivity (Wildman–Crippen MR) is 106 cm³/mol. The first-order valence-electron chi connectivity index (χ1n) is 10.3.